The lowest BCUT2D eigenvalue weighted by Gasteiger charge is -2.05. The van der Waals surface area contributed by atoms with Crippen LogP contribution in [0.5, 0.6) is 0 Å². The van der Waals surface area contributed by atoms with E-state index in [0.29, 0.717) is 19.6 Å². The Bertz CT molecular complexity index is 673. The summed E-state index contributed by atoms with van der Waals surface area (Å²) in [6, 6.07) is 7.92. The lowest BCUT2D eigenvalue weighted by molar-refractivity contribution is 0.0990. The summed E-state index contributed by atoms with van der Waals surface area (Å²) in [5.74, 6) is 0.141. The summed E-state index contributed by atoms with van der Waals surface area (Å²) < 4.78 is 7.32. The van der Waals surface area contributed by atoms with Gasteiger partial charge in [0, 0.05) is 17.8 Å². The Hall–Kier alpha value is -1.94. The van der Waals surface area contributed by atoms with E-state index >= 15 is 0 Å². The molecule has 1 aliphatic rings. The van der Waals surface area contributed by atoms with Gasteiger partial charge in [-0.25, -0.2) is 0 Å². The fourth-order valence-corrected chi connectivity index (χ4v) is 2.72. The molecule has 0 aliphatic carbocycles. The molecule has 0 saturated carbocycles. The first-order valence-corrected chi connectivity index (χ1v) is 7.49. The third kappa shape index (κ3) is 2.76. The molecule has 0 spiro atoms. The van der Waals surface area contributed by atoms with Crippen molar-refractivity contribution in [3.05, 3.63) is 52.3 Å². The number of carbonyl (C=O) groups excluding carboxylic acids is 1. The number of aromatic nitrogens is 2. The third-order valence-corrected chi connectivity index (χ3v) is 3.96. The summed E-state index contributed by atoms with van der Waals surface area (Å²) in [5, 5.41) is 4.50. The Morgan fingerprint density at radius 1 is 1.24 bits per heavy atom. The first-order valence-electron chi connectivity index (χ1n) is 7.49. The van der Waals surface area contributed by atoms with Gasteiger partial charge in [0.2, 0.25) is 0 Å². The lowest BCUT2D eigenvalue weighted by Crippen LogP contribution is -2.10. The van der Waals surface area contributed by atoms with Crippen molar-refractivity contribution in [3.63, 3.8) is 0 Å². The van der Waals surface area contributed by atoms with Crippen molar-refractivity contribution >= 4 is 5.78 Å². The van der Waals surface area contributed by atoms with Crippen molar-refractivity contribution in [1.82, 2.24) is 9.78 Å². The van der Waals surface area contributed by atoms with Crippen LogP contribution in [0.3, 0.4) is 0 Å². The summed E-state index contributed by atoms with van der Waals surface area (Å²) in [5.41, 5.74) is 5.14. The van der Waals surface area contributed by atoms with E-state index in [0.717, 1.165) is 35.5 Å². The van der Waals surface area contributed by atoms with Crippen LogP contribution in [0.25, 0.3) is 0 Å². The van der Waals surface area contributed by atoms with Crippen LogP contribution in [0, 0.1) is 0 Å². The van der Waals surface area contributed by atoms with Gasteiger partial charge in [0.15, 0.2) is 5.78 Å². The second-order valence-corrected chi connectivity index (χ2v) is 5.37. The van der Waals surface area contributed by atoms with Crippen LogP contribution in [0.4, 0.5) is 0 Å². The Morgan fingerprint density at radius 3 is 2.81 bits per heavy atom. The summed E-state index contributed by atoms with van der Waals surface area (Å²) in [4.78, 5) is 12.5. The number of benzene rings is 1. The van der Waals surface area contributed by atoms with Crippen LogP contribution in [0.15, 0.2) is 24.3 Å². The Labute approximate surface area is 124 Å². The van der Waals surface area contributed by atoms with Crippen molar-refractivity contribution in [2.75, 3.05) is 0 Å². The predicted molar refractivity (Wildman–Crippen MR) is 80.2 cm³/mol. The van der Waals surface area contributed by atoms with Gasteiger partial charge < -0.3 is 4.74 Å². The van der Waals surface area contributed by atoms with Gasteiger partial charge >= 0.3 is 0 Å². The van der Waals surface area contributed by atoms with Gasteiger partial charge in [-0.05, 0) is 36.6 Å². The van der Waals surface area contributed by atoms with E-state index in [4.69, 9.17) is 4.74 Å². The molecule has 4 heteroatoms. The first kappa shape index (κ1) is 14.0. The van der Waals surface area contributed by atoms with E-state index in [-0.39, 0.29) is 5.78 Å². The monoisotopic (exact) mass is 284 g/mol. The van der Waals surface area contributed by atoms with Gasteiger partial charge in [-0.3, -0.25) is 9.48 Å². The van der Waals surface area contributed by atoms with Gasteiger partial charge in [0.05, 0.1) is 25.3 Å². The summed E-state index contributed by atoms with van der Waals surface area (Å²) in [6.45, 7) is 6.19. The number of nitrogens with zero attached hydrogens (tertiary/aromatic N) is 2. The van der Waals surface area contributed by atoms with Crippen molar-refractivity contribution in [2.45, 2.75) is 46.4 Å². The molecule has 0 N–H and O–H groups in total. The summed E-state index contributed by atoms with van der Waals surface area (Å²) in [6.07, 6.45) is 1.30. The molecule has 2 heterocycles. The lowest BCUT2D eigenvalue weighted by atomic mass is 10.0. The number of rotatable bonds is 5. The van der Waals surface area contributed by atoms with E-state index in [1.165, 1.54) is 5.56 Å². The second-order valence-electron chi connectivity index (χ2n) is 5.37. The highest BCUT2D eigenvalue weighted by Crippen LogP contribution is 2.21. The van der Waals surface area contributed by atoms with Crippen LogP contribution in [0.2, 0.25) is 0 Å². The van der Waals surface area contributed by atoms with E-state index in [2.05, 4.69) is 12.0 Å². The molecule has 4 nitrogen and oxygen atoms in total. The molecular weight excluding hydrogens is 264 g/mol. The molecule has 0 saturated heterocycles. The molecule has 0 amide bonds. The van der Waals surface area contributed by atoms with E-state index in [1.807, 2.05) is 35.9 Å². The molecule has 0 bridgehead atoms. The number of hydrogen-bond donors (Lipinski definition) is 0. The zero-order valence-corrected chi connectivity index (χ0v) is 12.6. The third-order valence-electron chi connectivity index (χ3n) is 3.96. The molecular formula is C17H20N2O2. The molecule has 110 valence electrons. The Morgan fingerprint density at radius 2 is 2.05 bits per heavy atom. The number of carbonyl (C=O) groups is 1. The van der Waals surface area contributed by atoms with E-state index in [1.54, 1.807) is 0 Å². The molecule has 21 heavy (non-hydrogen) atoms. The highest BCUT2D eigenvalue weighted by Gasteiger charge is 2.16. The summed E-state index contributed by atoms with van der Waals surface area (Å²) >= 11 is 0. The van der Waals surface area contributed by atoms with Crippen molar-refractivity contribution in [3.8, 4) is 0 Å². The largest absolute Gasteiger partial charge is 0.372 e. The fraction of sp³-hybridized carbons (Fsp3) is 0.412. The number of fused-ring (bicyclic) bond motifs is 1. The molecule has 3 rings (SSSR count). The molecule has 0 unspecified atom stereocenters. The number of ether oxygens (including phenoxy) is 1. The average molecular weight is 284 g/mol. The van der Waals surface area contributed by atoms with Gasteiger partial charge in [-0.2, -0.15) is 5.10 Å². The molecule has 0 atom stereocenters. The smallest absolute Gasteiger partial charge is 0.168 e. The minimum Gasteiger partial charge on any atom is -0.372 e. The maximum atomic E-state index is 12.5. The van der Waals surface area contributed by atoms with Crippen molar-refractivity contribution in [2.24, 2.45) is 0 Å². The molecule has 0 radical (unpaired) electrons. The first-order chi connectivity index (χ1) is 10.2. The standard InChI is InChI=1S/C17H20N2O2/c1-3-15-8-16(19(4-2)18-15)9-17(20)12-5-6-13-10-21-11-14(13)7-12/h5-8H,3-4,9-11H2,1-2H3. The fourth-order valence-electron chi connectivity index (χ4n) is 2.72. The molecule has 2 aromatic rings. The van der Waals surface area contributed by atoms with Crippen LogP contribution < -0.4 is 0 Å². The minimum absolute atomic E-state index is 0.141. The predicted octanol–water partition coefficient (Wildman–Crippen LogP) is 2.92. The number of hydrogen-bond acceptors (Lipinski definition) is 3. The van der Waals surface area contributed by atoms with Crippen LogP contribution in [-0.2, 0) is 37.3 Å². The molecule has 1 aliphatic heterocycles. The minimum atomic E-state index is 0.141. The molecule has 0 fully saturated rings. The summed E-state index contributed by atoms with van der Waals surface area (Å²) in [7, 11) is 0. The molecule has 1 aromatic heterocycles. The van der Waals surface area contributed by atoms with Crippen LogP contribution >= 0.6 is 0 Å². The Kier molecular flexibility index (Phi) is 3.88. The van der Waals surface area contributed by atoms with Gasteiger partial charge in [0.25, 0.3) is 0 Å². The van der Waals surface area contributed by atoms with E-state index < -0.39 is 0 Å². The zero-order valence-electron chi connectivity index (χ0n) is 12.6. The Balaban J connectivity index is 1.81. The second kappa shape index (κ2) is 5.82. The van der Waals surface area contributed by atoms with Crippen LogP contribution in [0.1, 0.15) is 46.7 Å². The highest BCUT2D eigenvalue weighted by atomic mass is 16.5. The normalized spacial score (nSPS) is 13.4. The SMILES string of the molecule is CCc1cc(CC(=O)c2ccc3c(c2)COC3)n(CC)n1. The highest BCUT2D eigenvalue weighted by molar-refractivity contribution is 5.97. The molecule has 1 aromatic carbocycles. The topological polar surface area (TPSA) is 44.1 Å². The zero-order chi connectivity index (χ0) is 14.8. The van der Waals surface area contributed by atoms with Gasteiger partial charge in [-0.15, -0.1) is 0 Å². The number of Topliss-reactive ketones (excluding diaryl/α,β-unsaturated/α-hetero) is 1. The van der Waals surface area contributed by atoms with Gasteiger partial charge in [0.1, 0.15) is 0 Å². The quantitative estimate of drug-likeness (QED) is 0.793. The average Bonchev–Trinajstić information content (AvgIpc) is 3.12. The maximum Gasteiger partial charge on any atom is 0.168 e. The van der Waals surface area contributed by atoms with Crippen molar-refractivity contribution in [1.29, 1.82) is 0 Å². The van der Waals surface area contributed by atoms with Crippen LogP contribution in [-0.4, -0.2) is 15.6 Å². The number of aryl methyl sites for hydroxylation is 2. The number of ketones is 1. The maximum absolute atomic E-state index is 12.5. The van der Waals surface area contributed by atoms with Crippen molar-refractivity contribution < 1.29 is 9.53 Å². The van der Waals surface area contributed by atoms with E-state index in [9.17, 15) is 4.79 Å². The van der Waals surface area contributed by atoms with Gasteiger partial charge in [-0.1, -0.05) is 19.1 Å².